The summed E-state index contributed by atoms with van der Waals surface area (Å²) >= 11 is 1.45. The number of thiazole rings is 1. The molecule has 0 radical (unpaired) electrons. The van der Waals surface area contributed by atoms with Gasteiger partial charge in [0.15, 0.2) is 10.5 Å². The normalized spacial score (nSPS) is 12.0. The molecule has 0 aliphatic carbocycles. The second kappa shape index (κ2) is 5.76. The molecule has 7 heteroatoms. The fourth-order valence-electron chi connectivity index (χ4n) is 2.22. The summed E-state index contributed by atoms with van der Waals surface area (Å²) in [4.78, 5) is 17.0. The summed E-state index contributed by atoms with van der Waals surface area (Å²) in [7, 11) is 3.65. The van der Waals surface area contributed by atoms with E-state index in [1.54, 1.807) is 24.0 Å². The van der Waals surface area contributed by atoms with Gasteiger partial charge in [-0.2, -0.15) is 10.1 Å². The van der Waals surface area contributed by atoms with Gasteiger partial charge in [0.2, 0.25) is 0 Å². The van der Waals surface area contributed by atoms with Crippen LogP contribution in [-0.4, -0.2) is 26.9 Å². The molecule has 0 N–H and O–H groups in total. The van der Waals surface area contributed by atoms with Gasteiger partial charge in [0.1, 0.15) is 11.3 Å². The number of aryl methyl sites for hydroxylation is 2. The number of benzene rings is 1. The molecular formula is C15H16N4O2S. The molecule has 1 aromatic carbocycles. The van der Waals surface area contributed by atoms with Crippen LogP contribution in [0.4, 0.5) is 0 Å². The number of carbonyl (C=O) groups excluding carboxylic acids is 1. The minimum Gasteiger partial charge on any atom is -0.492 e. The van der Waals surface area contributed by atoms with E-state index in [-0.39, 0.29) is 5.91 Å². The quantitative estimate of drug-likeness (QED) is 0.743. The number of ether oxygens (including phenoxy) is 1. The van der Waals surface area contributed by atoms with E-state index in [1.807, 2.05) is 36.7 Å². The molecule has 0 fully saturated rings. The Morgan fingerprint density at radius 3 is 2.86 bits per heavy atom. The van der Waals surface area contributed by atoms with Crippen molar-refractivity contribution >= 4 is 27.5 Å². The average molecular weight is 316 g/mol. The Morgan fingerprint density at radius 1 is 1.36 bits per heavy atom. The van der Waals surface area contributed by atoms with Gasteiger partial charge in [-0.05, 0) is 25.1 Å². The van der Waals surface area contributed by atoms with E-state index in [9.17, 15) is 4.79 Å². The van der Waals surface area contributed by atoms with E-state index in [4.69, 9.17) is 4.74 Å². The fourth-order valence-corrected chi connectivity index (χ4v) is 3.25. The Kier molecular flexibility index (Phi) is 3.81. The van der Waals surface area contributed by atoms with Crippen molar-refractivity contribution in [2.45, 2.75) is 6.92 Å². The second-order valence-corrected chi connectivity index (χ2v) is 5.78. The molecule has 22 heavy (non-hydrogen) atoms. The Balaban J connectivity index is 2.11. The highest BCUT2D eigenvalue weighted by molar-refractivity contribution is 7.16. The van der Waals surface area contributed by atoms with Crippen molar-refractivity contribution in [2.24, 2.45) is 19.1 Å². The highest BCUT2D eigenvalue weighted by Crippen LogP contribution is 2.26. The van der Waals surface area contributed by atoms with E-state index in [2.05, 4.69) is 10.1 Å². The van der Waals surface area contributed by atoms with Crippen LogP contribution in [-0.2, 0) is 14.1 Å². The van der Waals surface area contributed by atoms with Gasteiger partial charge in [0.05, 0.1) is 11.3 Å². The number of fused-ring (bicyclic) bond motifs is 1. The molecule has 0 unspecified atom stereocenters. The van der Waals surface area contributed by atoms with Crippen LogP contribution < -0.4 is 9.54 Å². The number of para-hydroxylation sites is 1. The van der Waals surface area contributed by atoms with Crippen LogP contribution in [0.3, 0.4) is 0 Å². The first-order chi connectivity index (χ1) is 10.6. The third-order valence-electron chi connectivity index (χ3n) is 3.22. The van der Waals surface area contributed by atoms with E-state index in [1.165, 1.54) is 11.3 Å². The summed E-state index contributed by atoms with van der Waals surface area (Å²) < 4.78 is 10.1. The lowest BCUT2D eigenvalue weighted by Crippen LogP contribution is -2.14. The smallest absolute Gasteiger partial charge is 0.300 e. The van der Waals surface area contributed by atoms with Crippen molar-refractivity contribution in [3.63, 3.8) is 0 Å². The second-order valence-electron chi connectivity index (χ2n) is 4.77. The van der Waals surface area contributed by atoms with Crippen molar-refractivity contribution in [3.05, 3.63) is 41.0 Å². The van der Waals surface area contributed by atoms with Crippen molar-refractivity contribution in [2.75, 3.05) is 6.61 Å². The summed E-state index contributed by atoms with van der Waals surface area (Å²) in [5.41, 5.74) is 1.28. The maximum atomic E-state index is 12.2. The summed E-state index contributed by atoms with van der Waals surface area (Å²) in [5, 5.41) is 4.08. The summed E-state index contributed by atoms with van der Waals surface area (Å²) in [6.07, 6.45) is 1.72. The van der Waals surface area contributed by atoms with Gasteiger partial charge in [-0.1, -0.05) is 17.4 Å². The topological polar surface area (TPSA) is 61.4 Å². The number of nitrogens with zero attached hydrogens (tertiary/aromatic N) is 4. The highest BCUT2D eigenvalue weighted by Gasteiger charge is 2.12. The number of rotatable bonds is 3. The molecular weight excluding hydrogens is 300 g/mol. The molecule has 1 amide bonds. The van der Waals surface area contributed by atoms with Gasteiger partial charge in [0, 0.05) is 20.3 Å². The Bertz CT molecular complexity index is 904. The number of carbonyl (C=O) groups is 1. The van der Waals surface area contributed by atoms with Crippen molar-refractivity contribution in [1.82, 2.24) is 14.3 Å². The first-order valence-electron chi connectivity index (χ1n) is 6.90. The molecule has 0 saturated heterocycles. The Labute approximate surface area is 131 Å². The lowest BCUT2D eigenvalue weighted by atomic mass is 10.3. The van der Waals surface area contributed by atoms with Crippen LogP contribution in [0.2, 0.25) is 0 Å². The predicted molar refractivity (Wildman–Crippen MR) is 85.1 cm³/mol. The fraction of sp³-hybridized carbons (Fsp3) is 0.267. The number of amides is 1. The van der Waals surface area contributed by atoms with E-state index in [0.717, 1.165) is 16.0 Å². The lowest BCUT2D eigenvalue weighted by molar-refractivity contribution is 0.0992. The first kappa shape index (κ1) is 14.5. The molecule has 2 heterocycles. The molecule has 0 saturated carbocycles. The first-order valence-corrected chi connectivity index (χ1v) is 7.72. The van der Waals surface area contributed by atoms with Crippen LogP contribution in [0, 0.1) is 0 Å². The zero-order chi connectivity index (χ0) is 15.7. The van der Waals surface area contributed by atoms with E-state index >= 15 is 0 Å². The van der Waals surface area contributed by atoms with Crippen molar-refractivity contribution in [3.8, 4) is 5.75 Å². The van der Waals surface area contributed by atoms with Gasteiger partial charge in [-0.3, -0.25) is 9.48 Å². The van der Waals surface area contributed by atoms with Crippen LogP contribution in [0.5, 0.6) is 5.75 Å². The molecule has 0 aliphatic rings. The summed E-state index contributed by atoms with van der Waals surface area (Å²) in [5.74, 6) is 0.450. The lowest BCUT2D eigenvalue weighted by Gasteiger charge is -2.05. The third kappa shape index (κ3) is 2.55. The van der Waals surface area contributed by atoms with Crippen molar-refractivity contribution in [1.29, 1.82) is 0 Å². The largest absolute Gasteiger partial charge is 0.492 e. The van der Waals surface area contributed by atoms with Crippen molar-refractivity contribution < 1.29 is 9.53 Å². The maximum Gasteiger partial charge on any atom is 0.300 e. The molecule has 114 valence electrons. The monoisotopic (exact) mass is 316 g/mol. The number of aromatic nitrogens is 3. The minimum absolute atomic E-state index is 0.338. The van der Waals surface area contributed by atoms with Gasteiger partial charge >= 0.3 is 0 Å². The molecule has 0 bridgehead atoms. The maximum absolute atomic E-state index is 12.2. The predicted octanol–water partition coefficient (Wildman–Crippen LogP) is 2.11. The van der Waals surface area contributed by atoms with E-state index in [0.29, 0.717) is 17.1 Å². The molecule has 3 aromatic rings. The molecule has 0 atom stereocenters. The van der Waals surface area contributed by atoms with E-state index < -0.39 is 0 Å². The minimum atomic E-state index is -0.347. The molecule has 0 aliphatic heterocycles. The summed E-state index contributed by atoms with van der Waals surface area (Å²) in [6, 6.07) is 7.51. The van der Waals surface area contributed by atoms with Crippen LogP contribution in [0.15, 0.2) is 35.5 Å². The molecule has 2 aromatic heterocycles. The zero-order valence-electron chi connectivity index (χ0n) is 12.6. The van der Waals surface area contributed by atoms with Crippen LogP contribution in [0.25, 0.3) is 10.2 Å². The molecule has 0 spiro atoms. The van der Waals surface area contributed by atoms with Gasteiger partial charge < -0.3 is 9.30 Å². The summed E-state index contributed by atoms with van der Waals surface area (Å²) in [6.45, 7) is 2.54. The van der Waals surface area contributed by atoms with Gasteiger partial charge in [0.25, 0.3) is 5.91 Å². The van der Waals surface area contributed by atoms with Crippen LogP contribution >= 0.6 is 11.3 Å². The standard InChI is InChI=1S/C15H16N4O2S/c1-4-21-11-6-5-7-12-13(11)19(3)15(22-12)16-14(20)10-8-9-18(2)17-10/h5-9H,4H2,1-3H3. The molecule has 6 nitrogen and oxygen atoms in total. The van der Waals surface area contributed by atoms with Crippen LogP contribution in [0.1, 0.15) is 17.4 Å². The highest BCUT2D eigenvalue weighted by atomic mass is 32.1. The van der Waals surface area contributed by atoms with Gasteiger partial charge in [-0.25, -0.2) is 0 Å². The Hall–Kier alpha value is -2.41. The third-order valence-corrected chi connectivity index (χ3v) is 4.31. The average Bonchev–Trinajstić information content (AvgIpc) is 3.05. The zero-order valence-corrected chi connectivity index (χ0v) is 13.4. The molecule has 3 rings (SSSR count). The SMILES string of the molecule is CCOc1cccc2sc(=NC(=O)c3ccn(C)n3)n(C)c12. The number of hydrogen-bond acceptors (Lipinski definition) is 4. The number of hydrogen-bond donors (Lipinski definition) is 0. The Morgan fingerprint density at radius 2 is 2.18 bits per heavy atom. The van der Waals surface area contributed by atoms with Gasteiger partial charge in [-0.15, -0.1) is 0 Å².